The molecule has 0 spiro atoms. The summed E-state index contributed by atoms with van der Waals surface area (Å²) in [6, 6.07) is -0.102. The minimum absolute atomic E-state index is 0.102. The third-order valence-corrected chi connectivity index (χ3v) is 3.26. The highest BCUT2D eigenvalue weighted by Gasteiger charge is 2.28. The molecule has 0 bridgehead atoms. The molecule has 0 unspecified atom stereocenters. The van der Waals surface area contributed by atoms with Gasteiger partial charge in [-0.15, -0.1) is 0 Å². The highest BCUT2D eigenvalue weighted by atomic mass is 32.2. The summed E-state index contributed by atoms with van der Waals surface area (Å²) in [6.45, 7) is -1.29. The van der Waals surface area contributed by atoms with Crippen LogP contribution in [0.3, 0.4) is 0 Å². The number of hydroxylamine groups is 1. The van der Waals surface area contributed by atoms with Crippen LogP contribution < -0.4 is 5.48 Å². The van der Waals surface area contributed by atoms with Crippen LogP contribution in [0.4, 0.5) is 13.2 Å². The zero-order valence-electron chi connectivity index (χ0n) is 7.47. The van der Waals surface area contributed by atoms with Crippen LogP contribution in [0.1, 0.15) is 12.8 Å². The lowest BCUT2D eigenvalue weighted by atomic mass is 10.2. The van der Waals surface area contributed by atoms with Gasteiger partial charge in [0.05, 0.1) is 0 Å². The van der Waals surface area contributed by atoms with E-state index in [4.69, 9.17) is 0 Å². The van der Waals surface area contributed by atoms with Gasteiger partial charge in [-0.3, -0.25) is 9.05 Å². The van der Waals surface area contributed by atoms with E-state index in [0.717, 1.165) is 0 Å². The molecule has 3 nitrogen and oxygen atoms in total. The van der Waals surface area contributed by atoms with Gasteiger partial charge in [-0.05, 0) is 12.8 Å². The molecule has 7 heteroatoms. The van der Waals surface area contributed by atoms with Gasteiger partial charge < -0.3 is 0 Å². The SMILES string of the molecule is O=S1CCC(NOCC(F)(F)F)CC1. The number of nitrogens with one attached hydrogen (secondary N) is 1. The number of rotatable bonds is 3. The second-order valence-electron chi connectivity index (χ2n) is 3.14. The summed E-state index contributed by atoms with van der Waals surface area (Å²) in [4.78, 5) is 4.30. The average molecular weight is 231 g/mol. The van der Waals surface area contributed by atoms with Crippen LogP contribution in [0.2, 0.25) is 0 Å². The molecular weight excluding hydrogens is 219 g/mol. The molecule has 0 saturated carbocycles. The molecule has 0 aromatic carbocycles. The zero-order valence-corrected chi connectivity index (χ0v) is 8.29. The van der Waals surface area contributed by atoms with Gasteiger partial charge in [-0.1, -0.05) is 0 Å². The van der Waals surface area contributed by atoms with E-state index >= 15 is 0 Å². The van der Waals surface area contributed by atoms with Crippen LogP contribution in [0.5, 0.6) is 0 Å². The lowest BCUT2D eigenvalue weighted by Gasteiger charge is -2.22. The summed E-state index contributed by atoms with van der Waals surface area (Å²) in [5.74, 6) is 1.07. The molecule has 14 heavy (non-hydrogen) atoms. The lowest BCUT2D eigenvalue weighted by Crippen LogP contribution is -2.37. The van der Waals surface area contributed by atoms with Gasteiger partial charge in [0, 0.05) is 28.3 Å². The Balaban J connectivity index is 2.10. The van der Waals surface area contributed by atoms with Crippen LogP contribution in [0.15, 0.2) is 0 Å². The summed E-state index contributed by atoms with van der Waals surface area (Å²) in [5, 5.41) is 0. The van der Waals surface area contributed by atoms with E-state index in [1.807, 2.05) is 0 Å². The number of hydrogen-bond acceptors (Lipinski definition) is 3. The Morgan fingerprint density at radius 3 is 2.43 bits per heavy atom. The fourth-order valence-electron chi connectivity index (χ4n) is 1.15. The van der Waals surface area contributed by atoms with Crippen LogP contribution in [0.25, 0.3) is 0 Å². The van der Waals surface area contributed by atoms with Crippen molar-refractivity contribution in [1.82, 2.24) is 5.48 Å². The summed E-state index contributed by atoms with van der Waals surface area (Å²) in [6.07, 6.45) is -3.10. The van der Waals surface area contributed by atoms with Crippen molar-refractivity contribution in [1.29, 1.82) is 0 Å². The first-order chi connectivity index (χ1) is 6.47. The van der Waals surface area contributed by atoms with E-state index in [-0.39, 0.29) is 6.04 Å². The summed E-state index contributed by atoms with van der Waals surface area (Å²) < 4.78 is 45.9. The smallest absolute Gasteiger partial charge is 0.292 e. The average Bonchev–Trinajstić information content (AvgIpc) is 2.06. The third kappa shape index (κ3) is 4.92. The minimum atomic E-state index is -4.30. The van der Waals surface area contributed by atoms with Crippen molar-refractivity contribution < 1.29 is 22.2 Å². The van der Waals surface area contributed by atoms with Gasteiger partial charge in [0.25, 0.3) is 0 Å². The Labute approximate surface area is 82.4 Å². The monoisotopic (exact) mass is 231 g/mol. The van der Waals surface area contributed by atoms with Crippen molar-refractivity contribution in [3.63, 3.8) is 0 Å². The maximum absolute atomic E-state index is 11.7. The lowest BCUT2D eigenvalue weighted by molar-refractivity contribution is -0.193. The molecule has 0 amide bonds. The van der Waals surface area contributed by atoms with Gasteiger partial charge in [0.2, 0.25) is 0 Å². The molecule has 84 valence electrons. The first kappa shape index (κ1) is 11.9. The molecule has 0 aliphatic carbocycles. The van der Waals surface area contributed by atoms with Crippen LogP contribution >= 0.6 is 0 Å². The predicted molar refractivity (Wildman–Crippen MR) is 46.0 cm³/mol. The highest BCUT2D eigenvalue weighted by Crippen LogP contribution is 2.15. The largest absolute Gasteiger partial charge is 0.413 e. The van der Waals surface area contributed by atoms with Crippen LogP contribution in [-0.2, 0) is 15.6 Å². The topological polar surface area (TPSA) is 38.3 Å². The van der Waals surface area contributed by atoms with E-state index in [1.54, 1.807) is 0 Å². The molecule has 1 saturated heterocycles. The number of hydrogen-bond donors (Lipinski definition) is 1. The fourth-order valence-corrected chi connectivity index (χ4v) is 2.45. The highest BCUT2D eigenvalue weighted by molar-refractivity contribution is 7.85. The first-order valence-corrected chi connectivity index (χ1v) is 5.75. The van der Waals surface area contributed by atoms with Crippen molar-refractivity contribution in [3.8, 4) is 0 Å². The fraction of sp³-hybridized carbons (Fsp3) is 1.00. The zero-order chi connectivity index (χ0) is 10.6. The van der Waals surface area contributed by atoms with Crippen molar-refractivity contribution >= 4 is 10.8 Å². The molecule has 1 aliphatic heterocycles. The molecule has 0 radical (unpaired) electrons. The molecule has 0 aromatic heterocycles. The second-order valence-corrected chi connectivity index (χ2v) is 4.84. The van der Waals surface area contributed by atoms with E-state index in [2.05, 4.69) is 10.3 Å². The number of halogens is 3. The Morgan fingerprint density at radius 1 is 1.36 bits per heavy atom. The molecular formula is C7H12F3NO2S. The maximum atomic E-state index is 11.7. The van der Waals surface area contributed by atoms with Crippen LogP contribution in [-0.4, -0.2) is 34.5 Å². The summed E-state index contributed by atoms with van der Waals surface area (Å²) >= 11 is 0. The molecule has 1 heterocycles. The Kier molecular flexibility index (Phi) is 4.33. The minimum Gasteiger partial charge on any atom is -0.292 e. The van der Waals surface area contributed by atoms with Gasteiger partial charge in [-0.25, -0.2) is 0 Å². The predicted octanol–water partition coefficient (Wildman–Crippen LogP) is 0.981. The molecule has 0 aromatic rings. The number of alkyl halides is 3. The third-order valence-electron chi connectivity index (χ3n) is 1.87. The van der Waals surface area contributed by atoms with E-state index in [1.165, 1.54) is 0 Å². The van der Waals surface area contributed by atoms with Crippen LogP contribution in [0, 0.1) is 0 Å². The van der Waals surface area contributed by atoms with Gasteiger partial charge in [0.1, 0.15) is 0 Å². The Hall–Kier alpha value is -0.140. The van der Waals surface area contributed by atoms with E-state index < -0.39 is 23.6 Å². The molecule has 1 fully saturated rings. The summed E-state index contributed by atoms with van der Waals surface area (Å²) in [5.41, 5.74) is 2.34. The molecule has 0 atom stereocenters. The van der Waals surface area contributed by atoms with E-state index in [0.29, 0.717) is 24.3 Å². The second kappa shape index (κ2) is 5.09. The van der Waals surface area contributed by atoms with Crippen molar-refractivity contribution in [2.75, 3.05) is 18.1 Å². The maximum Gasteiger partial charge on any atom is 0.413 e. The molecule has 1 rings (SSSR count). The van der Waals surface area contributed by atoms with Crippen molar-refractivity contribution in [2.24, 2.45) is 0 Å². The van der Waals surface area contributed by atoms with Gasteiger partial charge in [0.15, 0.2) is 6.61 Å². The standard InChI is InChI=1S/C7H12F3NO2S/c8-7(9,10)5-13-11-6-1-3-14(12)4-2-6/h6,11H,1-5H2. The van der Waals surface area contributed by atoms with Crippen molar-refractivity contribution in [3.05, 3.63) is 0 Å². The molecule has 1 aliphatic rings. The Bertz CT molecular complexity index is 200. The van der Waals surface area contributed by atoms with Gasteiger partial charge in [-0.2, -0.15) is 18.7 Å². The molecule has 1 N–H and O–H groups in total. The quantitative estimate of drug-likeness (QED) is 0.736. The Morgan fingerprint density at radius 2 is 1.93 bits per heavy atom. The summed E-state index contributed by atoms with van der Waals surface area (Å²) in [7, 11) is -0.801. The normalized spacial score (nSPS) is 29.1. The van der Waals surface area contributed by atoms with Gasteiger partial charge >= 0.3 is 6.18 Å². The van der Waals surface area contributed by atoms with Crippen molar-refractivity contribution in [2.45, 2.75) is 25.1 Å². The van der Waals surface area contributed by atoms with E-state index in [9.17, 15) is 17.4 Å². The first-order valence-electron chi connectivity index (χ1n) is 4.26.